The number of nitrogens with one attached hydrogen (secondary N) is 3. The van der Waals surface area contributed by atoms with Crippen molar-refractivity contribution >= 4 is 34.4 Å². The maximum Gasteiger partial charge on any atom is 0.329 e. The third kappa shape index (κ3) is 5.51. The van der Waals surface area contributed by atoms with E-state index in [1.165, 1.54) is 6.92 Å². The Labute approximate surface area is 181 Å². The van der Waals surface area contributed by atoms with E-state index in [-0.39, 0.29) is 12.3 Å². The van der Waals surface area contributed by atoms with Crippen LogP contribution in [0.1, 0.15) is 30.5 Å². The predicted octanol–water partition coefficient (Wildman–Crippen LogP) is 3.27. The summed E-state index contributed by atoms with van der Waals surface area (Å²) in [6.07, 6.45) is 2.83. The number of amides is 2. The quantitative estimate of drug-likeness (QED) is 0.486. The summed E-state index contributed by atoms with van der Waals surface area (Å²) in [4.78, 5) is 39.8. The minimum Gasteiger partial charge on any atom is -0.454 e. The first-order valence-corrected chi connectivity index (χ1v) is 10.3. The molecule has 1 aromatic heterocycles. The van der Waals surface area contributed by atoms with E-state index in [0.29, 0.717) is 0 Å². The van der Waals surface area contributed by atoms with Crippen molar-refractivity contribution in [3.05, 3.63) is 65.4 Å². The van der Waals surface area contributed by atoms with Crippen LogP contribution in [0.4, 0.5) is 5.69 Å². The average molecular weight is 421 g/mol. The molecule has 0 aliphatic rings. The van der Waals surface area contributed by atoms with Gasteiger partial charge in [0.1, 0.15) is 6.04 Å². The third-order valence-electron chi connectivity index (χ3n) is 5.11. The molecule has 3 N–H and O–H groups in total. The highest BCUT2D eigenvalue weighted by Gasteiger charge is 2.24. The van der Waals surface area contributed by atoms with E-state index in [9.17, 15) is 14.4 Å². The molecule has 0 aliphatic carbocycles. The Morgan fingerprint density at radius 3 is 2.58 bits per heavy atom. The zero-order chi connectivity index (χ0) is 22.4. The van der Waals surface area contributed by atoms with Gasteiger partial charge in [0.05, 0.1) is 0 Å². The van der Waals surface area contributed by atoms with E-state index < -0.39 is 24.5 Å². The summed E-state index contributed by atoms with van der Waals surface area (Å²) in [6.45, 7) is 4.83. The number of aromatic nitrogens is 1. The van der Waals surface area contributed by atoms with E-state index in [1.54, 1.807) is 0 Å². The van der Waals surface area contributed by atoms with Crippen LogP contribution in [0.5, 0.6) is 0 Å². The molecular formula is C24H27N3O4. The lowest BCUT2D eigenvalue weighted by atomic mass is 10.0. The van der Waals surface area contributed by atoms with Crippen LogP contribution >= 0.6 is 0 Å². The molecule has 3 aromatic rings. The van der Waals surface area contributed by atoms with Crippen LogP contribution in [-0.4, -0.2) is 35.4 Å². The first-order valence-electron chi connectivity index (χ1n) is 10.3. The van der Waals surface area contributed by atoms with Gasteiger partial charge < -0.3 is 20.4 Å². The molecule has 0 saturated heterocycles. The highest BCUT2D eigenvalue weighted by molar-refractivity contribution is 5.95. The van der Waals surface area contributed by atoms with E-state index in [0.717, 1.165) is 39.7 Å². The molecule has 162 valence electrons. The molecule has 2 amide bonds. The second kappa shape index (κ2) is 9.93. The number of para-hydroxylation sites is 2. The number of rotatable bonds is 8. The van der Waals surface area contributed by atoms with Crippen molar-refractivity contribution in [3.8, 4) is 0 Å². The molecule has 0 saturated carbocycles. The summed E-state index contributed by atoms with van der Waals surface area (Å²) >= 11 is 0. The summed E-state index contributed by atoms with van der Waals surface area (Å²) in [5.41, 5.74) is 4.51. The van der Waals surface area contributed by atoms with E-state index >= 15 is 0 Å². The van der Waals surface area contributed by atoms with Gasteiger partial charge in [-0.15, -0.1) is 0 Å². The summed E-state index contributed by atoms with van der Waals surface area (Å²) in [6, 6.07) is 12.6. The number of carbonyl (C=O) groups excluding carboxylic acids is 3. The molecular weight excluding hydrogens is 394 g/mol. The van der Waals surface area contributed by atoms with Crippen molar-refractivity contribution in [1.82, 2.24) is 10.3 Å². The molecule has 31 heavy (non-hydrogen) atoms. The number of H-pyrrole nitrogens is 1. The average Bonchev–Trinajstić information content (AvgIpc) is 3.15. The maximum absolute atomic E-state index is 12.7. The smallest absolute Gasteiger partial charge is 0.329 e. The highest BCUT2D eigenvalue weighted by atomic mass is 16.5. The Hall–Kier alpha value is -3.61. The lowest BCUT2D eigenvalue weighted by molar-refractivity contribution is -0.150. The molecule has 0 radical (unpaired) electrons. The second-order valence-electron chi connectivity index (χ2n) is 7.44. The first kappa shape index (κ1) is 22.1. The van der Waals surface area contributed by atoms with Gasteiger partial charge in [-0.05, 0) is 36.1 Å². The molecule has 1 heterocycles. The Bertz CT molecular complexity index is 1100. The number of anilines is 1. The van der Waals surface area contributed by atoms with Crippen LogP contribution in [-0.2, 0) is 32.0 Å². The molecule has 0 fully saturated rings. The topological polar surface area (TPSA) is 100 Å². The monoisotopic (exact) mass is 421 g/mol. The minimum atomic E-state index is -0.894. The second-order valence-corrected chi connectivity index (χ2v) is 7.44. The van der Waals surface area contributed by atoms with Gasteiger partial charge in [-0.1, -0.05) is 43.3 Å². The zero-order valence-corrected chi connectivity index (χ0v) is 18.0. The Morgan fingerprint density at radius 1 is 1.06 bits per heavy atom. The van der Waals surface area contributed by atoms with E-state index in [4.69, 9.17) is 4.74 Å². The van der Waals surface area contributed by atoms with Gasteiger partial charge in [-0.3, -0.25) is 9.59 Å². The molecule has 7 heteroatoms. The molecule has 7 nitrogen and oxygen atoms in total. The van der Waals surface area contributed by atoms with Gasteiger partial charge in [0.25, 0.3) is 5.91 Å². The molecule has 1 atom stereocenters. The molecule has 0 bridgehead atoms. The number of esters is 1. The SMILES string of the molecule is CCc1cccc(C)c1NC(=O)COC(=O)[C@H](Cc1c[nH]c2ccccc12)NC(C)=O. The summed E-state index contributed by atoms with van der Waals surface area (Å²) in [7, 11) is 0. The number of ether oxygens (including phenoxy) is 1. The molecule has 2 aromatic carbocycles. The van der Waals surface area contributed by atoms with Gasteiger partial charge in [0.2, 0.25) is 5.91 Å². The van der Waals surface area contributed by atoms with Crippen LogP contribution in [0, 0.1) is 6.92 Å². The number of hydrogen-bond acceptors (Lipinski definition) is 4. The van der Waals surface area contributed by atoms with Crippen molar-refractivity contribution < 1.29 is 19.1 Å². The standard InChI is InChI=1S/C24H27N3O4/c1-4-17-9-7-8-15(2)23(17)27-22(29)14-31-24(30)21(26-16(3)28)12-18-13-25-20-11-6-5-10-19(18)20/h5-11,13,21,25H,4,12,14H2,1-3H3,(H,26,28)(H,27,29)/t21-/m0/s1. The predicted molar refractivity (Wildman–Crippen MR) is 120 cm³/mol. The van der Waals surface area contributed by atoms with Gasteiger partial charge >= 0.3 is 5.97 Å². The van der Waals surface area contributed by atoms with Gasteiger partial charge in [-0.2, -0.15) is 0 Å². The number of aryl methyl sites for hydroxylation is 2. The fourth-order valence-corrected chi connectivity index (χ4v) is 3.57. The van der Waals surface area contributed by atoms with E-state index in [2.05, 4.69) is 15.6 Å². The fraction of sp³-hybridized carbons (Fsp3) is 0.292. The third-order valence-corrected chi connectivity index (χ3v) is 5.11. The molecule has 0 aliphatic heterocycles. The van der Waals surface area contributed by atoms with E-state index in [1.807, 2.05) is 62.5 Å². The molecule has 0 unspecified atom stereocenters. The van der Waals surface area contributed by atoms with Crippen LogP contribution in [0.25, 0.3) is 10.9 Å². The Kier molecular flexibility index (Phi) is 7.07. The highest BCUT2D eigenvalue weighted by Crippen LogP contribution is 2.21. The van der Waals surface area contributed by atoms with Crippen LogP contribution in [0.15, 0.2) is 48.7 Å². The Balaban J connectivity index is 1.66. The fourth-order valence-electron chi connectivity index (χ4n) is 3.57. The summed E-state index contributed by atoms with van der Waals surface area (Å²) < 4.78 is 5.24. The lowest BCUT2D eigenvalue weighted by Gasteiger charge is -2.17. The largest absolute Gasteiger partial charge is 0.454 e. The van der Waals surface area contributed by atoms with Crippen molar-refractivity contribution in [2.75, 3.05) is 11.9 Å². The van der Waals surface area contributed by atoms with Gasteiger partial charge in [-0.25, -0.2) is 4.79 Å². The number of aromatic amines is 1. The summed E-state index contributed by atoms with van der Waals surface area (Å²) in [5, 5.41) is 6.42. The van der Waals surface area contributed by atoms with Gasteiger partial charge in [0.15, 0.2) is 6.61 Å². The minimum absolute atomic E-state index is 0.252. The Morgan fingerprint density at radius 2 is 1.84 bits per heavy atom. The first-order chi connectivity index (χ1) is 14.9. The number of fused-ring (bicyclic) bond motifs is 1. The van der Waals surface area contributed by atoms with Crippen LogP contribution < -0.4 is 10.6 Å². The van der Waals surface area contributed by atoms with Crippen LogP contribution in [0.2, 0.25) is 0 Å². The number of hydrogen-bond donors (Lipinski definition) is 3. The van der Waals surface area contributed by atoms with Crippen molar-refractivity contribution in [3.63, 3.8) is 0 Å². The van der Waals surface area contributed by atoms with Crippen molar-refractivity contribution in [2.45, 2.75) is 39.7 Å². The van der Waals surface area contributed by atoms with Crippen molar-refractivity contribution in [1.29, 1.82) is 0 Å². The number of benzene rings is 2. The zero-order valence-electron chi connectivity index (χ0n) is 18.0. The lowest BCUT2D eigenvalue weighted by Crippen LogP contribution is -2.43. The summed E-state index contributed by atoms with van der Waals surface area (Å²) in [5.74, 6) is -1.43. The maximum atomic E-state index is 12.7. The van der Waals surface area contributed by atoms with Crippen molar-refractivity contribution in [2.24, 2.45) is 0 Å². The van der Waals surface area contributed by atoms with Crippen LogP contribution in [0.3, 0.4) is 0 Å². The van der Waals surface area contributed by atoms with Gasteiger partial charge in [0, 0.05) is 36.1 Å². The normalized spacial score (nSPS) is 11.7. The molecule has 3 rings (SSSR count). The molecule has 0 spiro atoms. The number of carbonyl (C=O) groups is 3.